The molecule has 0 heterocycles. The summed E-state index contributed by atoms with van der Waals surface area (Å²) in [7, 11) is -4.69. The van der Waals surface area contributed by atoms with E-state index in [4.69, 9.17) is 17.7 Å². The third kappa shape index (κ3) is 8.27. The molecule has 1 fully saturated rings. The minimum atomic E-state index is -2.36. The first-order valence-electron chi connectivity index (χ1n) is 11.7. The van der Waals surface area contributed by atoms with Crippen molar-refractivity contribution in [3.63, 3.8) is 0 Å². The van der Waals surface area contributed by atoms with Gasteiger partial charge in [0, 0.05) is 37.6 Å². The van der Waals surface area contributed by atoms with E-state index in [9.17, 15) is 0 Å². The SMILES string of the molecule is CCCCCC[Si](C[Si](OCC)(OCC)C1CCCCC1)(OCC)OCC. The Morgan fingerprint density at radius 1 is 0.667 bits per heavy atom. The molecule has 0 spiro atoms. The normalized spacial score (nSPS) is 16.8. The Hall–Kier alpha value is 0.274. The van der Waals surface area contributed by atoms with E-state index in [1.165, 1.54) is 57.8 Å². The summed E-state index contributed by atoms with van der Waals surface area (Å²) in [4.78, 5) is 0. The monoisotopic (exact) mass is 418 g/mol. The van der Waals surface area contributed by atoms with Crippen LogP contribution in [0, 0.1) is 0 Å². The summed E-state index contributed by atoms with van der Waals surface area (Å²) in [6.45, 7) is 13.7. The minimum Gasteiger partial charge on any atom is -0.395 e. The molecule has 1 saturated carbocycles. The molecular weight excluding hydrogens is 372 g/mol. The van der Waals surface area contributed by atoms with Crippen molar-refractivity contribution in [2.75, 3.05) is 26.4 Å². The smallest absolute Gasteiger partial charge is 0.343 e. The fourth-order valence-electron chi connectivity index (χ4n) is 4.65. The zero-order valence-electron chi connectivity index (χ0n) is 18.8. The Bertz CT molecular complexity index is 350. The maximum absolute atomic E-state index is 6.58. The Morgan fingerprint density at radius 3 is 1.70 bits per heavy atom. The minimum absolute atomic E-state index is 0.592. The molecule has 0 aromatic rings. The molecule has 0 atom stereocenters. The number of hydrogen-bond acceptors (Lipinski definition) is 4. The molecule has 0 amide bonds. The molecule has 1 aliphatic carbocycles. The van der Waals surface area contributed by atoms with Crippen molar-refractivity contribution >= 4 is 17.1 Å². The quantitative estimate of drug-likeness (QED) is 0.212. The second-order valence-corrected chi connectivity index (χ2v) is 15.1. The van der Waals surface area contributed by atoms with Gasteiger partial charge in [-0.3, -0.25) is 0 Å². The molecular formula is C21H46O4Si2. The summed E-state index contributed by atoms with van der Waals surface area (Å²) in [5.41, 5.74) is 1.54. The van der Waals surface area contributed by atoms with E-state index >= 15 is 0 Å². The van der Waals surface area contributed by atoms with Gasteiger partial charge in [0.05, 0.1) is 0 Å². The fraction of sp³-hybridized carbons (Fsp3) is 1.00. The van der Waals surface area contributed by atoms with Crippen LogP contribution in [-0.4, -0.2) is 43.5 Å². The molecule has 0 aromatic carbocycles. The van der Waals surface area contributed by atoms with Gasteiger partial charge in [-0.1, -0.05) is 51.9 Å². The van der Waals surface area contributed by atoms with Crippen molar-refractivity contribution in [3.8, 4) is 0 Å². The maximum Gasteiger partial charge on any atom is 0.343 e. The molecule has 27 heavy (non-hydrogen) atoms. The Balaban J connectivity index is 3.07. The Morgan fingerprint density at radius 2 is 1.22 bits per heavy atom. The fourth-order valence-corrected chi connectivity index (χ4v) is 16.2. The lowest BCUT2D eigenvalue weighted by Gasteiger charge is -2.43. The van der Waals surface area contributed by atoms with Crippen LogP contribution in [0.4, 0.5) is 0 Å². The zero-order valence-corrected chi connectivity index (χ0v) is 20.8. The predicted octanol–water partition coefficient (Wildman–Crippen LogP) is 6.47. The lowest BCUT2D eigenvalue weighted by molar-refractivity contribution is 0.150. The van der Waals surface area contributed by atoms with Gasteiger partial charge in [0.25, 0.3) is 0 Å². The molecule has 6 heteroatoms. The van der Waals surface area contributed by atoms with E-state index in [-0.39, 0.29) is 0 Å². The van der Waals surface area contributed by atoms with Crippen LogP contribution in [0.1, 0.15) is 92.4 Å². The highest BCUT2D eigenvalue weighted by Crippen LogP contribution is 2.43. The van der Waals surface area contributed by atoms with Crippen LogP contribution in [0.2, 0.25) is 17.3 Å². The van der Waals surface area contributed by atoms with Crippen LogP contribution in [0.3, 0.4) is 0 Å². The second kappa shape index (κ2) is 14.3. The van der Waals surface area contributed by atoms with E-state index in [1.807, 2.05) is 0 Å². The van der Waals surface area contributed by atoms with Gasteiger partial charge in [-0.2, -0.15) is 0 Å². The van der Waals surface area contributed by atoms with Crippen molar-refractivity contribution in [2.45, 2.75) is 110 Å². The standard InChI is InChI=1S/C21H46O4Si2/c1-6-11-12-16-19-26(22-7-2,23-8-3)20-27(24-9-4,25-10-5)21-17-14-13-15-18-21/h21H,6-20H2,1-5H3. The summed E-state index contributed by atoms with van der Waals surface area (Å²) in [5, 5.41) is 0. The highest BCUT2D eigenvalue weighted by molar-refractivity contribution is 6.86. The number of hydrogen-bond donors (Lipinski definition) is 0. The van der Waals surface area contributed by atoms with Gasteiger partial charge in [0.1, 0.15) is 0 Å². The molecule has 0 bridgehead atoms. The highest BCUT2D eigenvalue weighted by atomic mass is 28.4. The molecule has 0 aromatic heterocycles. The van der Waals surface area contributed by atoms with Gasteiger partial charge in [0.2, 0.25) is 0 Å². The average Bonchev–Trinajstić information content (AvgIpc) is 2.67. The Labute approximate surface area is 171 Å². The van der Waals surface area contributed by atoms with Gasteiger partial charge in [-0.25, -0.2) is 0 Å². The van der Waals surface area contributed by atoms with E-state index in [2.05, 4.69) is 34.6 Å². The van der Waals surface area contributed by atoms with Gasteiger partial charge in [-0.15, -0.1) is 0 Å². The first-order chi connectivity index (χ1) is 13.1. The van der Waals surface area contributed by atoms with Gasteiger partial charge < -0.3 is 17.7 Å². The van der Waals surface area contributed by atoms with Crippen molar-refractivity contribution in [1.82, 2.24) is 0 Å². The molecule has 0 radical (unpaired) electrons. The molecule has 1 aliphatic rings. The summed E-state index contributed by atoms with van der Waals surface area (Å²) in [5.74, 6) is 0. The molecule has 1 rings (SSSR count). The molecule has 0 N–H and O–H groups in total. The largest absolute Gasteiger partial charge is 0.395 e. The van der Waals surface area contributed by atoms with Crippen LogP contribution in [-0.2, 0) is 17.7 Å². The average molecular weight is 419 g/mol. The van der Waals surface area contributed by atoms with Crippen LogP contribution < -0.4 is 0 Å². The summed E-state index contributed by atoms with van der Waals surface area (Å²) in [6.07, 6.45) is 11.5. The van der Waals surface area contributed by atoms with Gasteiger partial charge in [-0.05, 0) is 46.6 Å². The molecule has 0 aliphatic heterocycles. The van der Waals surface area contributed by atoms with Crippen LogP contribution in [0.5, 0.6) is 0 Å². The molecule has 0 saturated heterocycles. The van der Waals surface area contributed by atoms with Crippen molar-refractivity contribution in [3.05, 3.63) is 0 Å². The zero-order chi connectivity index (χ0) is 20.0. The number of unbranched alkanes of at least 4 members (excludes halogenated alkanes) is 3. The lowest BCUT2D eigenvalue weighted by atomic mass is 10.0. The van der Waals surface area contributed by atoms with E-state index < -0.39 is 17.1 Å². The van der Waals surface area contributed by atoms with Crippen LogP contribution in [0.15, 0.2) is 0 Å². The van der Waals surface area contributed by atoms with Crippen molar-refractivity contribution in [2.24, 2.45) is 0 Å². The molecule has 4 nitrogen and oxygen atoms in total. The van der Waals surface area contributed by atoms with Crippen LogP contribution in [0.25, 0.3) is 0 Å². The van der Waals surface area contributed by atoms with Gasteiger partial charge in [0.15, 0.2) is 0 Å². The summed E-state index contributed by atoms with van der Waals surface area (Å²) < 4.78 is 26.1. The first kappa shape index (κ1) is 25.3. The Kier molecular flexibility index (Phi) is 13.4. The van der Waals surface area contributed by atoms with E-state index in [0.29, 0.717) is 5.54 Å². The van der Waals surface area contributed by atoms with E-state index in [1.54, 1.807) is 0 Å². The van der Waals surface area contributed by atoms with Crippen LogP contribution >= 0.6 is 0 Å². The summed E-state index contributed by atoms with van der Waals surface area (Å²) >= 11 is 0. The maximum atomic E-state index is 6.58. The van der Waals surface area contributed by atoms with E-state index in [0.717, 1.165) is 38.1 Å². The summed E-state index contributed by atoms with van der Waals surface area (Å²) in [6, 6.07) is 1.08. The number of rotatable bonds is 16. The van der Waals surface area contributed by atoms with Gasteiger partial charge >= 0.3 is 17.1 Å². The third-order valence-corrected chi connectivity index (χ3v) is 16.0. The lowest BCUT2D eigenvalue weighted by Crippen LogP contribution is -2.57. The van der Waals surface area contributed by atoms with Crippen molar-refractivity contribution in [1.29, 1.82) is 0 Å². The van der Waals surface area contributed by atoms with Crippen molar-refractivity contribution < 1.29 is 17.7 Å². The second-order valence-electron chi connectivity index (χ2n) is 7.78. The topological polar surface area (TPSA) is 36.9 Å². The third-order valence-electron chi connectivity index (χ3n) is 5.75. The predicted molar refractivity (Wildman–Crippen MR) is 119 cm³/mol. The highest BCUT2D eigenvalue weighted by Gasteiger charge is 2.54. The molecule has 162 valence electrons. The first-order valence-corrected chi connectivity index (χ1v) is 16.0. The molecule has 0 unspecified atom stereocenters.